The Bertz CT molecular complexity index is 686. The molecule has 0 heterocycles. The van der Waals surface area contributed by atoms with Crippen LogP contribution in [0.3, 0.4) is 0 Å². The number of ether oxygens (including phenoxy) is 2. The minimum atomic E-state index is -5.71. The van der Waals surface area contributed by atoms with Gasteiger partial charge in [-0.15, -0.1) is 0 Å². The summed E-state index contributed by atoms with van der Waals surface area (Å²) < 4.78 is 89.4. The summed E-state index contributed by atoms with van der Waals surface area (Å²) in [7, 11) is 0. The van der Waals surface area contributed by atoms with Crippen molar-refractivity contribution in [2.24, 2.45) is 0 Å². The molecule has 11 heteroatoms. The third-order valence-electron chi connectivity index (χ3n) is 3.37. The van der Waals surface area contributed by atoms with Crippen LogP contribution in [-0.2, 0) is 9.53 Å². The van der Waals surface area contributed by atoms with E-state index in [0.29, 0.717) is 0 Å². The fourth-order valence-electron chi connectivity index (χ4n) is 2.06. The van der Waals surface area contributed by atoms with Crippen LogP contribution < -0.4 is 4.74 Å². The first-order valence-electron chi connectivity index (χ1n) is 7.45. The zero-order chi connectivity index (χ0) is 21.0. The molecule has 1 atom stereocenters. The molecule has 0 aliphatic carbocycles. The number of para-hydroxylation sites is 1. The maximum Gasteiger partial charge on any atom is 0.371 e. The van der Waals surface area contributed by atoms with E-state index < -0.39 is 48.8 Å². The lowest BCUT2D eigenvalue weighted by atomic mass is 10.00. The van der Waals surface area contributed by atoms with Gasteiger partial charge in [-0.3, -0.25) is 4.79 Å². The molecule has 0 fully saturated rings. The van der Waals surface area contributed by atoms with Crippen molar-refractivity contribution >= 4 is 11.9 Å². The zero-order valence-electron chi connectivity index (χ0n) is 14.1. The van der Waals surface area contributed by atoms with E-state index in [-0.39, 0.29) is 18.2 Å². The van der Waals surface area contributed by atoms with Crippen molar-refractivity contribution in [2.75, 3.05) is 6.61 Å². The summed E-state index contributed by atoms with van der Waals surface area (Å²) in [5, 5.41) is 8.99. The molecule has 1 aromatic carbocycles. The first kappa shape index (κ1) is 22.6. The van der Waals surface area contributed by atoms with Crippen LogP contribution in [0.15, 0.2) is 24.3 Å². The van der Waals surface area contributed by atoms with Crippen LogP contribution >= 0.6 is 0 Å². The molecule has 0 bridgehead atoms. The Balaban J connectivity index is 3.01. The molecule has 5 nitrogen and oxygen atoms in total. The molecular weight excluding hydrogens is 386 g/mol. The molecule has 0 amide bonds. The summed E-state index contributed by atoms with van der Waals surface area (Å²) in [6.07, 6.45) is -3.99. The average molecular weight is 402 g/mol. The van der Waals surface area contributed by atoms with Crippen molar-refractivity contribution in [1.29, 1.82) is 0 Å². The topological polar surface area (TPSA) is 72.8 Å². The third-order valence-corrected chi connectivity index (χ3v) is 3.37. The van der Waals surface area contributed by atoms with Crippen molar-refractivity contribution < 1.29 is 50.5 Å². The molecule has 1 unspecified atom stereocenters. The van der Waals surface area contributed by atoms with Crippen molar-refractivity contribution in [1.82, 2.24) is 0 Å². The molecule has 0 radical (unpaired) electrons. The van der Waals surface area contributed by atoms with Gasteiger partial charge in [0.05, 0.1) is 6.42 Å². The van der Waals surface area contributed by atoms with Crippen LogP contribution in [0.5, 0.6) is 5.75 Å². The molecule has 0 aliphatic rings. The molecule has 1 N–H and O–H groups in total. The highest BCUT2D eigenvalue weighted by molar-refractivity contribution is 5.90. The molecule has 1 aromatic rings. The van der Waals surface area contributed by atoms with Gasteiger partial charge in [0.2, 0.25) is 0 Å². The smallest absolute Gasteiger partial charge is 0.371 e. The quantitative estimate of drug-likeness (QED) is 0.499. The van der Waals surface area contributed by atoms with Gasteiger partial charge in [0.25, 0.3) is 0 Å². The van der Waals surface area contributed by atoms with Crippen molar-refractivity contribution in [3.05, 3.63) is 29.8 Å². The monoisotopic (exact) mass is 402 g/mol. The summed E-state index contributed by atoms with van der Waals surface area (Å²) in [5.41, 5.74) is -0.365. The summed E-state index contributed by atoms with van der Waals surface area (Å²) in [6.45, 7) is -0.519. The Hall–Kier alpha value is -2.46. The van der Waals surface area contributed by atoms with Gasteiger partial charge in [0.15, 0.2) is 0 Å². The predicted octanol–water partition coefficient (Wildman–Crippen LogP) is 4.01. The fraction of sp³-hybridized carbons (Fsp3) is 0.500. The van der Waals surface area contributed by atoms with E-state index in [1.807, 2.05) is 0 Å². The molecular formula is C16H16F6O5. The highest BCUT2D eigenvalue weighted by atomic mass is 19.3. The number of rotatable bonds is 9. The molecule has 27 heavy (non-hydrogen) atoms. The number of carbonyl (C=O) groups is 2. The summed E-state index contributed by atoms with van der Waals surface area (Å²) >= 11 is 0. The number of aromatic carboxylic acids is 1. The van der Waals surface area contributed by atoms with Gasteiger partial charge in [0.1, 0.15) is 24.0 Å². The standard InChI is InChI=1S/C16H16F6O5/c1-9(23)27-10(7-15(19,20)16(21,22)14(2,17)18)8-26-12-6-4-3-5-11(12)13(24)25/h3-6,10H,7-8H2,1-2H3,(H,24,25). The first-order valence-corrected chi connectivity index (χ1v) is 7.45. The van der Waals surface area contributed by atoms with Gasteiger partial charge >= 0.3 is 29.7 Å². The Labute approximate surface area is 149 Å². The van der Waals surface area contributed by atoms with Gasteiger partial charge in [-0.1, -0.05) is 12.1 Å². The van der Waals surface area contributed by atoms with Crippen molar-refractivity contribution in [2.45, 2.75) is 44.1 Å². The second-order valence-electron chi connectivity index (χ2n) is 5.72. The number of carbonyl (C=O) groups excluding carboxylic acids is 1. The number of carboxylic acids is 1. The molecule has 0 saturated carbocycles. The van der Waals surface area contributed by atoms with E-state index in [0.717, 1.165) is 19.1 Å². The summed E-state index contributed by atoms with van der Waals surface area (Å²) in [5.74, 6) is -18.8. The van der Waals surface area contributed by atoms with Crippen LogP contribution in [0.25, 0.3) is 0 Å². The van der Waals surface area contributed by atoms with E-state index in [1.54, 1.807) is 0 Å². The van der Waals surface area contributed by atoms with E-state index in [4.69, 9.17) is 9.84 Å². The lowest BCUT2D eigenvalue weighted by molar-refractivity contribution is -0.309. The van der Waals surface area contributed by atoms with E-state index >= 15 is 0 Å². The number of halogens is 6. The molecule has 1 rings (SSSR count). The van der Waals surface area contributed by atoms with Gasteiger partial charge in [0, 0.05) is 13.8 Å². The zero-order valence-corrected chi connectivity index (χ0v) is 14.1. The van der Waals surface area contributed by atoms with E-state index in [1.165, 1.54) is 12.1 Å². The number of alkyl halides is 6. The number of carboxylic acid groups (broad SMARTS) is 1. The maximum atomic E-state index is 13.8. The number of benzene rings is 1. The van der Waals surface area contributed by atoms with Crippen molar-refractivity contribution in [3.63, 3.8) is 0 Å². The van der Waals surface area contributed by atoms with Gasteiger partial charge in [-0.25, -0.2) is 4.79 Å². The molecule has 0 spiro atoms. The SMILES string of the molecule is CC(=O)OC(COc1ccccc1C(=O)O)CC(F)(F)C(F)(F)C(C)(F)F. The van der Waals surface area contributed by atoms with Crippen LogP contribution in [-0.4, -0.2) is 47.5 Å². The molecule has 0 aromatic heterocycles. The lowest BCUT2D eigenvalue weighted by Gasteiger charge is -2.32. The Kier molecular flexibility index (Phi) is 6.73. The van der Waals surface area contributed by atoms with Crippen LogP contribution in [0.2, 0.25) is 0 Å². The average Bonchev–Trinajstić information content (AvgIpc) is 2.50. The normalized spacial score (nSPS) is 13.8. The number of hydrogen-bond donors (Lipinski definition) is 1. The van der Waals surface area contributed by atoms with Gasteiger partial charge in [-0.05, 0) is 12.1 Å². The van der Waals surface area contributed by atoms with E-state index in [2.05, 4.69) is 4.74 Å². The number of esters is 1. The first-order chi connectivity index (χ1) is 12.2. The highest BCUT2D eigenvalue weighted by Gasteiger charge is 2.69. The maximum absolute atomic E-state index is 13.8. The van der Waals surface area contributed by atoms with Gasteiger partial charge < -0.3 is 14.6 Å². The second kappa shape index (κ2) is 8.05. The van der Waals surface area contributed by atoms with Gasteiger partial charge in [-0.2, -0.15) is 26.3 Å². The predicted molar refractivity (Wildman–Crippen MR) is 79.6 cm³/mol. The minimum Gasteiger partial charge on any atom is -0.489 e. The van der Waals surface area contributed by atoms with Crippen LogP contribution in [0.4, 0.5) is 26.3 Å². The number of hydrogen-bond acceptors (Lipinski definition) is 4. The summed E-state index contributed by atoms with van der Waals surface area (Å²) in [6, 6.07) is 4.97. The van der Waals surface area contributed by atoms with E-state index in [9.17, 15) is 35.9 Å². The Morgan fingerprint density at radius 3 is 2.15 bits per heavy atom. The minimum absolute atomic E-state index is 0.307. The molecule has 0 aliphatic heterocycles. The third kappa shape index (κ3) is 5.51. The van der Waals surface area contributed by atoms with Crippen LogP contribution in [0.1, 0.15) is 30.6 Å². The summed E-state index contributed by atoms with van der Waals surface area (Å²) in [4.78, 5) is 22.1. The van der Waals surface area contributed by atoms with Crippen LogP contribution in [0, 0.1) is 0 Å². The Morgan fingerprint density at radius 2 is 1.67 bits per heavy atom. The largest absolute Gasteiger partial charge is 0.489 e. The highest BCUT2D eigenvalue weighted by Crippen LogP contribution is 2.47. The van der Waals surface area contributed by atoms with Crippen molar-refractivity contribution in [3.8, 4) is 5.75 Å². The molecule has 0 saturated heterocycles. The fourth-order valence-corrected chi connectivity index (χ4v) is 2.06. The lowest BCUT2D eigenvalue weighted by Crippen LogP contribution is -2.54. The Morgan fingerprint density at radius 1 is 1.11 bits per heavy atom. The molecule has 152 valence electrons. The second-order valence-corrected chi connectivity index (χ2v) is 5.72.